The van der Waals surface area contributed by atoms with E-state index in [4.69, 9.17) is 9.46 Å². The van der Waals surface area contributed by atoms with Crippen LogP contribution in [0.5, 0.6) is 0 Å². The van der Waals surface area contributed by atoms with Crippen LogP contribution in [0, 0.1) is 0 Å². The molecule has 1 unspecified atom stereocenters. The van der Waals surface area contributed by atoms with Gasteiger partial charge in [-0.15, -0.1) is 0 Å². The zero-order valence-electron chi connectivity index (χ0n) is 3.26. The summed E-state index contributed by atoms with van der Waals surface area (Å²) in [5.74, 6) is 0. The molecule has 5 heavy (non-hydrogen) atoms. The summed E-state index contributed by atoms with van der Waals surface area (Å²) in [4.78, 5) is 9.04. The van der Waals surface area contributed by atoms with Crippen molar-refractivity contribution in [1.29, 1.82) is 0 Å². The molecule has 0 aromatic rings. The SMILES string of the molecule is C[P+](=O)[O-].[K+]. The van der Waals surface area contributed by atoms with Crippen molar-refractivity contribution in [2.75, 3.05) is 6.66 Å². The summed E-state index contributed by atoms with van der Waals surface area (Å²) in [7, 11) is -2.12. The van der Waals surface area contributed by atoms with Gasteiger partial charge in [0.1, 0.15) is 6.66 Å². The Labute approximate surface area is 74.2 Å². The average Bonchev–Trinajstić information content (AvgIpc) is 0.811. The molecule has 0 heterocycles. The summed E-state index contributed by atoms with van der Waals surface area (Å²) < 4.78 is 9.04. The first-order valence-electron chi connectivity index (χ1n) is 0.812. The van der Waals surface area contributed by atoms with Gasteiger partial charge in [0.05, 0.1) is 0 Å². The van der Waals surface area contributed by atoms with E-state index in [0.717, 1.165) is 6.66 Å². The van der Waals surface area contributed by atoms with E-state index in [9.17, 15) is 0 Å². The number of hydrogen-bond donors (Lipinski definition) is 0. The minimum absolute atomic E-state index is 0. The van der Waals surface area contributed by atoms with Crippen LogP contribution in [0.3, 0.4) is 0 Å². The fourth-order valence-electron chi connectivity index (χ4n) is 0. The van der Waals surface area contributed by atoms with E-state index in [1.54, 1.807) is 0 Å². The maximum atomic E-state index is 9.04. The summed E-state index contributed by atoms with van der Waals surface area (Å²) in [6, 6.07) is 0. The van der Waals surface area contributed by atoms with Crippen molar-refractivity contribution < 1.29 is 60.8 Å². The predicted molar refractivity (Wildman–Crippen MR) is 13.5 cm³/mol. The van der Waals surface area contributed by atoms with E-state index in [-0.39, 0.29) is 51.4 Å². The Hall–Kier alpha value is 1.70. The second-order valence-electron chi connectivity index (χ2n) is 0.440. The molecule has 0 spiro atoms. The van der Waals surface area contributed by atoms with E-state index in [1.807, 2.05) is 0 Å². The summed E-state index contributed by atoms with van der Waals surface area (Å²) in [6.07, 6.45) is 0. The van der Waals surface area contributed by atoms with Crippen LogP contribution < -0.4 is 56.3 Å². The quantitative estimate of drug-likeness (QED) is 0.246. The molecule has 0 saturated carbocycles. The van der Waals surface area contributed by atoms with Gasteiger partial charge in [-0.05, 0) is 0 Å². The van der Waals surface area contributed by atoms with Gasteiger partial charge in [-0.25, -0.2) is 0 Å². The monoisotopic (exact) mass is 117 g/mol. The molecule has 0 amide bonds. The van der Waals surface area contributed by atoms with Gasteiger partial charge in [-0.3, -0.25) is 0 Å². The third-order valence-electron chi connectivity index (χ3n) is 0. The Morgan fingerprint density at radius 1 is 1.80 bits per heavy atom. The maximum absolute atomic E-state index is 9.04. The molecule has 0 aromatic carbocycles. The largest absolute Gasteiger partial charge is 1.00 e. The topological polar surface area (TPSA) is 40.1 Å². The van der Waals surface area contributed by atoms with Gasteiger partial charge in [0.2, 0.25) is 0 Å². The van der Waals surface area contributed by atoms with Crippen molar-refractivity contribution in [3.63, 3.8) is 0 Å². The predicted octanol–water partition coefficient (Wildman–Crippen LogP) is -3.28. The zero-order chi connectivity index (χ0) is 3.58. The normalized spacial score (nSPS) is 8.80. The molecule has 2 nitrogen and oxygen atoms in total. The Bertz CT molecular complexity index is 32.6. The molecule has 0 saturated heterocycles. The van der Waals surface area contributed by atoms with Crippen molar-refractivity contribution >= 4 is 8.03 Å². The van der Waals surface area contributed by atoms with E-state index in [2.05, 4.69) is 0 Å². The van der Waals surface area contributed by atoms with Crippen LogP contribution in [-0.2, 0) is 4.57 Å². The Morgan fingerprint density at radius 3 is 1.80 bits per heavy atom. The minimum atomic E-state index is -2.12. The van der Waals surface area contributed by atoms with Crippen LogP contribution in [0.15, 0.2) is 0 Å². The van der Waals surface area contributed by atoms with Crippen LogP contribution in [0.2, 0.25) is 0 Å². The molecule has 0 aliphatic carbocycles. The van der Waals surface area contributed by atoms with Gasteiger partial charge in [-0.2, -0.15) is 0 Å². The molecule has 1 atom stereocenters. The second kappa shape index (κ2) is 5.70. The maximum Gasteiger partial charge on any atom is 1.00 e. The van der Waals surface area contributed by atoms with Gasteiger partial charge in [-0.1, -0.05) is 4.57 Å². The third-order valence-corrected chi connectivity index (χ3v) is 0. The molecular weight excluding hydrogens is 114 g/mol. The first kappa shape index (κ1) is 9.85. The summed E-state index contributed by atoms with van der Waals surface area (Å²) >= 11 is 0. The molecule has 24 valence electrons. The van der Waals surface area contributed by atoms with Crippen molar-refractivity contribution in [2.45, 2.75) is 0 Å². The first-order valence-corrected chi connectivity index (χ1v) is 2.44. The van der Waals surface area contributed by atoms with E-state index in [0.29, 0.717) is 0 Å². The molecule has 0 aliphatic rings. The summed E-state index contributed by atoms with van der Waals surface area (Å²) in [5, 5.41) is 0. The molecule has 0 N–H and O–H groups in total. The third kappa shape index (κ3) is 27.0. The van der Waals surface area contributed by atoms with Gasteiger partial charge < -0.3 is 4.89 Å². The van der Waals surface area contributed by atoms with Gasteiger partial charge in [0.25, 0.3) is 0 Å². The van der Waals surface area contributed by atoms with Crippen LogP contribution >= 0.6 is 8.03 Å². The molecule has 0 radical (unpaired) electrons. The van der Waals surface area contributed by atoms with Crippen molar-refractivity contribution in [3.8, 4) is 0 Å². The number of rotatable bonds is 0. The average molecular weight is 117 g/mol. The van der Waals surface area contributed by atoms with Crippen LogP contribution in [-0.4, -0.2) is 6.66 Å². The van der Waals surface area contributed by atoms with Crippen molar-refractivity contribution in [2.24, 2.45) is 0 Å². The van der Waals surface area contributed by atoms with Gasteiger partial charge in [0.15, 0.2) is 0 Å². The van der Waals surface area contributed by atoms with E-state index >= 15 is 0 Å². The van der Waals surface area contributed by atoms with E-state index in [1.165, 1.54) is 0 Å². The summed E-state index contributed by atoms with van der Waals surface area (Å²) in [5.41, 5.74) is 0. The smallest absolute Gasteiger partial charge is 0.596 e. The molecule has 4 heteroatoms. The molecular formula is CH3KO2P+. The van der Waals surface area contributed by atoms with Crippen molar-refractivity contribution in [1.82, 2.24) is 0 Å². The Balaban J connectivity index is 0. The zero-order valence-corrected chi connectivity index (χ0v) is 7.28. The standard InChI is InChI=1S/CH3O2P.K/c1-4(2)3;/h1H3;/q;+1. The molecule has 0 aliphatic heterocycles. The Kier molecular flexibility index (Phi) is 11.2. The fourth-order valence-corrected chi connectivity index (χ4v) is 0. The summed E-state index contributed by atoms with van der Waals surface area (Å²) in [6.45, 7) is 1.12. The first-order chi connectivity index (χ1) is 1.73. The van der Waals surface area contributed by atoms with Crippen LogP contribution in [0.4, 0.5) is 0 Å². The number of hydrogen-bond acceptors (Lipinski definition) is 2. The minimum Gasteiger partial charge on any atom is -0.596 e. The second-order valence-corrected chi connectivity index (χ2v) is 1.32. The molecule has 0 bridgehead atoms. The molecule has 0 fully saturated rings. The fraction of sp³-hybridized carbons (Fsp3) is 1.00. The van der Waals surface area contributed by atoms with Gasteiger partial charge in [0, 0.05) is 0 Å². The molecule has 0 rings (SSSR count). The van der Waals surface area contributed by atoms with Crippen molar-refractivity contribution in [3.05, 3.63) is 0 Å². The van der Waals surface area contributed by atoms with Gasteiger partial charge >= 0.3 is 59.4 Å². The van der Waals surface area contributed by atoms with Crippen LogP contribution in [0.25, 0.3) is 0 Å². The van der Waals surface area contributed by atoms with E-state index < -0.39 is 8.03 Å². The van der Waals surface area contributed by atoms with Crippen LogP contribution in [0.1, 0.15) is 0 Å². The molecule has 0 aromatic heterocycles. The Morgan fingerprint density at radius 2 is 1.80 bits per heavy atom.